The van der Waals surface area contributed by atoms with Gasteiger partial charge in [0, 0.05) is 32.3 Å². The summed E-state index contributed by atoms with van der Waals surface area (Å²) in [6.45, 7) is 0. The van der Waals surface area contributed by atoms with Crippen LogP contribution in [0.1, 0.15) is 43.2 Å². The van der Waals surface area contributed by atoms with Gasteiger partial charge in [0.2, 0.25) is 0 Å². The molecule has 60 heavy (non-hydrogen) atoms. The topological polar surface area (TPSA) is 3.24 Å². The molecule has 0 saturated heterocycles. The van der Waals surface area contributed by atoms with E-state index in [1.165, 1.54) is 114 Å². The third kappa shape index (κ3) is 5.17. The van der Waals surface area contributed by atoms with E-state index in [1.807, 2.05) is 11.3 Å². The van der Waals surface area contributed by atoms with E-state index in [1.54, 1.807) is 11.1 Å². The SMILES string of the molecule is c1ccc(-c2cccc(N(c3ccc4c(c3)-c3cc(-c5ccccc5)ccc3C43C4CC5CC(C4)CC3C5)c3cc(-c4ccccc4)cc4c3sc3ccccc34)c2)cc1. The number of benzene rings is 8. The van der Waals surface area contributed by atoms with Crippen molar-refractivity contribution in [3.8, 4) is 44.5 Å². The summed E-state index contributed by atoms with van der Waals surface area (Å²) in [5, 5.41) is 2.62. The molecule has 1 nitrogen and oxygen atoms in total. The second-order valence-corrected chi connectivity index (χ2v) is 19.2. The van der Waals surface area contributed by atoms with Gasteiger partial charge in [0.25, 0.3) is 0 Å². The Labute approximate surface area is 356 Å². The first kappa shape index (κ1) is 34.6. The van der Waals surface area contributed by atoms with Crippen LogP contribution in [-0.4, -0.2) is 0 Å². The van der Waals surface area contributed by atoms with Gasteiger partial charge >= 0.3 is 0 Å². The average Bonchev–Trinajstić information content (AvgIpc) is 3.82. The smallest absolute Gasteiger partial charge is 0.0646 e. The van der Waals surface area contributed by atoms with E-state index in [-0.39, 0.29) is 5.41 Å². The van der Waals surface area contributed by atoms with Gasteiger partial charge in [0.1, 0.15) is 0 Å². The zero-order valence-corrected chi connectivity index (χ0v) is 34.4. The predicted molar refractivity (Wildman–Crippen MR) is 254 cm³/mol. The molecule has 14 rings (SSSR count). The van der Waals surface area contributed by atoms with E-state index >= 15 is 0 Å². The zero-order chi connectivity index (χ0) is 39.4. The Kier molecular flexibility index (Phi) is 7.73. The molecule has 4 saturated carbocycles. The van der Waals surface area contributed by atoms with Crippen LogP contribution in [0.3, 0.4) is 0 Å². The Morgan fingerprint density at radius 2 is 0.950 bits per heavy atom. The molecule has 1 aromatic heterocycles. The first-order valence-electron chi connectivity index (χ1n) is 22.0. The first-order valence-corrected chi connectivity index (χ1v) is 22.8. The number of rotatable bonds is 6. The summed E-state index contributed by atoms with van der Waals surface area (Å²) < 4.78 is 2.63. The average molecular weight is 788 g/mol. The largest absolute Gasteiger partial charge is 0.309 e. The van der Waals surface area contributed by atoms with Crippen LogP contribution in [0, 0.1) is 23.7 Å². The van der Waals surface area contributed by atoms with Crippen molar-refractivity contribution in [2.75, 3.05) is 4.90 Å². The van der Waals surface area contributed by atoms with Gasteiger partial charge in [-0.2, -0.15) is 0 Å². The van der Waals surface area contributed by atoms with Gasteiger partial charge in [-0.15, -0.1) is 11.3 Å². The lowest BCUT2D eigenvalue weighted by molar-refractivity contribution is -0.0399. The standard InChI is InChI=1S/C58H45NS/c1-4-13-39(14-5-1)42-19-12-20-47(32-42)59(55-35-44(41-17-8-3-9-18-41)34-52-49-21-10-11-22-56(49)60-57(52)55)48-24-26-54-51(36-48)50-33-43(40-15-6-2-7-16-40)23-25-53(50)58(54)45-28-37-27-38(30-45)31-46(58)29-37/h1-26,32-38,45-46H,27-31H2. The highest BCUT2D eigenvalue weighted by atomic mass is 32.1. The lowest BCUT2D eigenvalue weighted by Crippen LogP contribution is -2.55. The number of nitrogens with zero attached hydrogens (tertiary/aromatic N) is 1. The molecular weight excluding hydrogens is 743 g/mol. The molecule has 0 aliphatic heterocycles. The number of thiophene rings is 1. The van der Waals surface area contributed by atoms with Gasteiger partial charge in [-0.25, -0.2) is 0 Å². The number of anilines is 3. The number of hydrogen-bond donors (Lipinski definition) is 0. The van der Waals surface area contributed by atoms with Crippen LogP contribution in [0.4, 0.5) is 17.1 Å². The van der Waals surface area contributed by atoms with Crippen molar-refractivity contribution in [3.05, 3.63) is 199 Å². The molecule has 1 spiro atoms. The quantitative estimate of drug-likeness (QED) is 0.162. The van der Waals surface area contributed by atoms with Gasteiger partial charge < -0.3 is 4.90 Å². The third-order valence-corrected chi connectivity index (χ3v) is 16.2. The Bertz CT molecular complexity index is 3080. The van der Waals surface area contributed by atoms with Gasteiger partial charge in [-0.1, -0.05) is 140 Å². The molecule has 0 unspecified atom stereocenters. The highest BCUT2D eigenvalue weighted by molar-refractivity contribution is 7.26. The van der Waals surface area contributed by atoms with E-state index < -0.39 is 0 Å². The van der Waals surface area contributed by atoms with Gasteiger partial charge in [-0.3, -0.25) is 0 Å². The van der Waals surface area contributed by atoms with E-state index in [0.29, 0.717) is 11.8 Å². The minimum absolute atomic E-state index is 0.0931. The highest BCUT2D eigenvalue weighted by Crippen LogP contribution is 2.70. The molecule has 0 atom stereocenters. The van der Waals surface area contributed by atoms with E-state index in [2.05, 4.69) is 193 Å². The number of fused-ring (bicyclic) bond motifs is 6. The lowest BCUT2D eigenvalue weighted by Gasteiger charge is -2.61. The monoisotopic (exact) mass is 787 g/mol. The lowest BCUT2D eigenvalue weighted by atomic mass is 9.43. The molecule has 2 heteroatoms. The summed E-state index contributed by atoms with van der Waals surface area (Å²) in [7, 11) is 0. The summed E-state index contributed by atoms with van der Waals surface area (Å²) in [6.07, 6.45) is 6.97. The normalized spacial score (nSPS) is 22.1. The maximum atomic E-state index is 2.59. The van der Waals surface area contributed by atoms with Crippen LogP contribution in [0.25, 0.3) is 64.7 Å². The van der Waals surface area contributed by atoms with Crippen LogP contribution in [0.5, 0.6) is 0 Å². The Morgan fingerprint density at radius 3 is 1.63 bits per heavy atom. The van der Waals surface area contributed by atoms with Crippen LogP contribution in [-0.2, 0) is 5.41 Å². The minimum Gasteiger partial charge on any atom is -0.309 e. The van der Waals surface area contributed by atoms with Crippen LogP contribution >= 0.6 is 11.3 Å². The maximum absolute atomic E-state index is 2.59. The maximum Gasteiger partial charge on any atom is 0.0646 e. The molecule has 4 fully saturated rings. The molecule has 0 radical (unpaired) electrons. The van der Waals surface area contributed by atoms with Crippen molar-refractivity contribution in [1.29, 1.82) is 0 Å². The summed E-state index contributed by atoms with van der Waals surface area (Å²) in [4.78, 5) is 2.58. The van der Waals surface area contributed by atoms with E-state index in [4.69, 9.17) is 0 Å². The second kappa shape index (κ2) is 13.4. The molecule has 5 aliphatic carbocycles. The van der Waals surface area contributed by atoms with Crippen molar-refractivity contribution in [3.63, 3.8) is 0 Å². The summed E-state index contributed by atoms with van der Waals surface area (Å²) in [5.41, 5.74) is 17.3. The van der Waals surface area contributed by atoms with Gasteiger partial charge in [0.05, 0.1) is 10.4 Å². The molecule has 288 valence electrons. The van der Waals surface area contributed by atoms with Crippen LogP contribution < -0.4 is 4.90 Å². The minimum atomic E-state index is 0.0931. The molecular formula is C58H45NS. The molecule has 8 aromatic carbocycles. The fourth-order valence-electron chi connectivity index (χ4n) is 12.8. The number of hydrogen-bond acceptors (Lipinski definition) is 2. The van der Waals surface area contributed by atoms with Crippen molar-refractivity contribution in [1.82, 2.24) is 0 Å². The van der Waals surface area contributed by atoms with Gasteiger partial charge in [0.15, 0.2) is 0 Å². The van der Waals surface area contributed by atoms with Crippen LogP contribution in [0.15, 0.2) is 188 Å². The molecule has 9 aromatic rings. The summed E-state index contributed by atoms with van der Waals surface area (Å²) in [6, 6.07) is 71.0. The third-order valence-electron chi connectivity index (χ3n) is 15.0. The molecule has 5 aliphatic rings. The first-order chi connectivity index (χ1) is 29.7. The molecule has 1 heterocycles. The fourth-order valence-corrected chi connectivity index (χ4v) is 14.0. The van der Waals surface area contributed by atoms with Crippen molar-refractivity contribution >= 4 is 48.6 Å². The fraction of sp³-hybridized carbons (Fsp3) is 0.172. The van der Waals surface area contributed by atoms with Gasteiger partial charge in [-0.05, 0) is 160 Å². The van der Waals surface area contributed by atoms with Crippen molar-refractivity contribution in [2.24, 2.45) is 23.7 Å². The van der Waals surface area contributed by atoms with E-state index in [9.17, 15) is 0 Å². The second-order valence-electron chi connectivity index (χ2n) is 18.1. The summed E-state index contributed by atoms with van der Waals surface area (Å²) in [5.74, 6) is 3.23. The highest BCUT2D eigenvalue weighted by Gasteiger charge is 2.61. The van der Waals surface area contributed by atoms with Crippen molar-refractivity contribution < 1.29 is 0 Å². The summed E-state index contributed by atoms with van der Waals surface area (Å²) >= 11 is 1.92. The molecule has 4 bridgehead atoms. The Morgan fingerprint density at radius 1 is 0.400 bits per heavy atom. The van der Waals surface area contributed by atoms with Crippen molar-refractivity contribution in [2.45, 2.75) is 37.5 Å². The van der Waals surface area contributed by atoms with E-state index in [0.717, 1.165) is 11.8 Å². The van der Waals surface area contributed by atoms with Crippen LogP contribution in [0.2, 0.25) is 0 Å². The Hall–Kier alpha value is -6.22. The Balaban J connectivity index is 1.08. The predicted octanol–water partition coefficient (Wildman–Crippen LogP) is 16.2. The molecule has 0 N–H and O–H groups in total. The zero-order valence-electron chi connectivity index (χ0n) is 33.6. The molecule has 0 amide bonds.